The lowest BCUT2D eigenvalue weighted by Gasteiger charge is -2.24. The molecule has 0 heterocycles. The molecule has 0 amide bonds. The van der Waals surface area contributed by atoms with Crippen LogP contribution in [-0.4, -0.2) is 31.7 Å². The first-order chi connectivity index (χ1) is 12.1. The van der Waals surface area contributed by atoms with E-state index in [0.29, 0.717) is 6.17 Å². The van der Waals surface area contributed by atoms with Crippen LogP contribution in [0.25, 0.3) is 0 Å². The molecule has 0 aromatic rings. The van der Waals surface area contributed by atoms with Gasteiger partial charge in [0.05, 0.1) is 6.17 Å². The molecule has 0 aromatic heterocycles. The maximum Gasteiger partial charge on any atom is 0.0589 e. The van der Waals surface area contributed by atoms with Gasteiger partial charge >= 0.3 is 0 Å². The fraction of sp³-hybridized carbons (Fsp3) is 1.00. The normalized spacial score (nSPS) is 13.1. The van der Waals surface area contributed by atoms with Crippen LogP contribution in [0.5, 0.6) is 0 Å². The third-order valence-electron chi connectivity index (χ3n) is 5.35. The van der Waals surface area contributed by atoms with E-state index in [1.807, 2.05) is 0 Å². The van der Waals surface area contributed by atoms with Crippen LogP contribution in [0, 0.1) is 5.92 Å². The van der Waals surface area contributed by atoms with Crippen LogP contribution in [0.3, 0.4) is 0 Å². The third-order valence-corrected chi connectivity index (χ3v) is 5.35. The molecule has 0 bridgehead atoms. The number of hydrogen-bond acceptors (Lipinski definition) is 2. The van der Waals surface area contributed by atoms with Crippen LogP contribution in [0.2, 0.25) is 0 Å². The molecule has 0 aliphatic rings. The highest BCUT2D eigenvalue weighted by atomic mass is 15.2. The van der Waals surface area contributed by atoms with Gasteiger partial charge in [0.1, 0.15) is 0 Å². The summed E-state index contributed by atoms with van der Waals surface area (Å²) in [6, 6.07) is 0. The van der Waals surface area contributed by atoms with E-state index >= 15 is 0 Å². The minimum Gasteiger partial charge on any atom is -0.302 e. The van der Waals surface area contributed by atoms with Crippen molar-refractivity contribution in [3.05, 3.63) is 0 Å². The van der Waals surface area contributed by atoms with Crippen molar-refractivity contribution in [2.24, 2.45) is 5.92 Å². The van der Waals surface area contributed by atoms with Gasteiger partial charge in [-0.1, -0.05) is 104 Å². The smallest absolute Gasteiger partial charge is 0.0589 e. The summed E-state index contributed by atoms with van der Waals surface area (Å²) in [6.45, 7) is 8.10. The number of nitrogens with one attached hydrogen (secondary N) is 1. The van der Waals surface area contributed by atoms with Gasteiger partial charge in [0, 0.05) is 0 Å². The van der Waals surface area contributed by atoms with Gasteiger partial charge in [-0.05, 0) is 39.4 Å². The summed E-state index contributed by atoms with van der Waals surface area (Å²) in [6.07, 6.45) is 21.9. The van der Waals surface area contributed by atoms with Crippen molar-refractivity contribution < 1.29 is 0 Å². The molecule has 2 heteroatoms. The largest absolute Gasteiger partial charge is 0.302 e. The first kappa shape index (κ1) is 24.9. The number of hydrogen-bond donors (Lipinski definition) is 1. The van der Waals surface area contributed by atoms with Crippen molar-refractivity contribution in [2.75, 3.05) is 20.6 Å². The zero-order valence-electron chi connectivity index (χ0n) is 18.4. The number of nitrogens with zero attached hydrogens (tertiary/aromatic N) is 1. The van der Waals surface area contributed by atoms with Gasteiger partial charge < -0.3 is 5.32 Å². The van der Waals surface area contributed by atoms with Crippen molar-refractivity contribution in [1.82, 2.24) is 10.2 Å². The Hall–Kier alpha value is -0.0800. The molecule has 0 radical (unpaired) electrons. The van der Waals surface area contributed by atoms with Crippen LogP contribution in [0.1, 0.15) is 117 Å². The molecule has 1 N–H and O–H groups in total. The Morgan fingerprint density at radius 2 is 1.04 bits per heavy atom. The van der Waals surface area contributed by atoms with E-state index in [-0.39, 0.29) is 0 Å². The molecule has 0 spiro atoms. The van der Waals surface area contributed by atoms with Gasteiger partial charge in [0.2, 0.25) is 0 Å². The van der Waals surface area contributed by atoms with E-state index in [2.05, 4.69) is 45.1 Å². The average Bonchev–Trinajstić information content (AvgIpc) is 2.57. The van der Waals surface area contributed by atoms with Crippen LogP contribution in [-0.2, 0) is 0 Å². The summed E-state index contributed by atoms with van der Waals surface area (Å²) < 4.78 is 0. The van der Waals surface area contributed by atoms with Crippen molar-refractivity contribution >= 4 is 0 Å². The van der Waals surface area contributed by atoms with Gasteiger partial charge in [-0.15, -0.1) is 0 Å². The molecular weight excluding hydrogens is 304 g/mol. The molecule has 1 atom stereocenters. The highest BCUT2D eigenvalue weighted by molar-refractivity contribution is 4.61. The Bertz CT molecular complexity index is 250. The van der Waals surface area contributed by atoms with Crippen LogP contribution >= 0.6 is 0 Å². The molecule has 0 aromatic carbocycles. The summed E-state index contributed by atoms with van der Waals surface area (Å²) >= 11 is 0. The summed E-state index contributed by atoms with van der Waals surface area (Å²) in [4.78, 5) is 2.28. The molecule has 0 saturated carbocycles. The summed E-state index contributed by atoms with van der Waals surface area (Å²) in [5.74, 6) is 0.891. The van der Waals surface area contributed by atoms with Crippen LogP contribution in [0.4, 0.5) is 0 Å². The van der Waals surface area contributed by atoms with Crippen molar-refractivity contribution in [1.29, 1.82) is 0 Å². The second-order valence-corrected chi connectivity index (χ2v) is 8.62. The molecule has 0 rings (SSSR count). The Morgan fingerprint density at radius 1 is 0.640 bits per heavy atom. The van der Waals surface area contributed by atoms with E-state index in [1.165, 1.54) is 103 Å². The average molecular weight is 355 g/mol. The standard InChI is InChI=1S/C23H50N2/c1-6-23(25(4)5)24-21-19-17-15-13-11-9-7-8-10-12-14-16-18-20-22(2)3/h22-24H,6-21H2,1-5H3. The zero-order chi connectivity index (χ0) is 18.8. The molecule has 0 fully saturated rings. The monoisotopic (exact) mass is 354 g/mol. The van der Waals surface area contributed by atoms with Gasteiger partial charge in [-0.25, -0.2) is 0 Å². The molecule has 0 saturated heterocycles. The maximum absolute atomic E-state index is 3.64. The number of rotatable bonds is 19. The second kappa shape index (κ2) is 18.7. The topological polar surface area (TPSA) is 15.3 Å². The molecule has 152 valence electrons. The number of unbranched alkanes of at least 4 members (excludes halogenated alkanes) is 12. The minimum atomic E-state index is 0.551. The molecule has 1 unspecified atom stereocenters. The SMILES string of the molecule is CCC(NCCCCCCCCCCCCCCCC(C)C)N(C)C. The highest BCUT2D eigenvalue weighted by Crippen LogP contribution is 2.14. The first-order valence-electron chi connectivity index (χ1n) is 11.5. The van der Waals surface area contributed by atoms with E-state index in [4.69, 9.17) is 0 Å². The Labute approximate surface area is 160 Å². The fourth-order valence-corrected chi connectivity index (χ4v) is 3.58. The van der Waals surface area contributed by atoms with Gasteiger partial charge in [0.25, 0.3) is 0 Å². The lowest BCUT2D eigenvalue weighted by atomic mass is 10.0. The molecule has 0 aliphatic heterocycles. The molecular formula is C23H50N2. The minimum absolute atomic E-state index is 0.551. The predicted octanol–water partition coefficient (Wildman–Crippen LogP) is 6.99. The van der Waals surface area contributed by atoms with E-state index in [9.17, 15) is 0 Å². The fourth-order valence-electron chi connectivity index (χ4n) is 3.58. The lowest BCUT2D eigenvalue weighted by molar-refractivity contribution is 0.238. The summed E-state index contributed by atoms with van der Waals surface area (Å²) in [7, 11) is 4.32. The zero-order valence-corrected chi connectivity index (χ0v) is 18.4. The lowest BCUT2D eigenvalue weighted by Crippen LogP contribution is -2.41. The van der Waals surface area contributed by atoms with E-state index < -0.39 is 0 Å². The predicted molar refractivity (Wildman–Crippen MR) is 115 cm³/mol. The van der Waals surface area contributed by atoms with Gasteiger partial charge in [-0.2, -0.15) is 0 Å². The third kappa shape index (κ3) is 18.5. The molecule has 25 heavy (non-hydrogen) atoms. The van der Waals surface area contributed by atoms with E-state index in [1.54, 1.807) is 0 Å². The Morgan fingerprint density at radius 3 is 1.40 bits per heavy atom. The van der Waals surface area contributed by atoms with Crippen LogP contribution in [0.15, 0.2) is 0 Å². The highest BCUT2D eigenvalue weighted by Gasteiger charge is 2.05. The molecule has 2 nitrogen and oxygen atoms in total. The quantitative estimate of drug-likeness (QED) is 0.198. The van der Waals surface area contributed by atoms with Gasteiger partial charge in [0.15, 0.2) is 0 Å². The van der Waals surface area contributed by atoms with E-state index in [0.717, 1.165) is 5.92 Å². The van der Waals surface area contributed by atoms with Crippen molar-refractivity contribution in [3.63, 3.8) is 0 Å². The second-order valence-electron chi connectivity index (χ2n) is 8.62. The van der Waals surface area contributed by atoms with Gasteiger partial charge in [-0.3, -0.25) is 4.90 Å². The van der Waals surface area contributed by atoms with Crippen molar-refractivity contribution in [2.45, 2.75) is 123 Å². The van der Waals surface area contributed by atoms with Crippen LogP contribution < -0.4 is 5.32 Å². The maximum atomic E-state index is 3.64. The summed E-state index contributed by atoms with van der Waals surface area (Å²) in [5.41, 5.74) is 0. The Balaban J connectivity index is 3.12. The van der Waals surface area contributed by atoms with Crippen molar-refractivity contribution in [3.8, 4) is 0 Å². The molecule has 0 aliphatic carbocycles. The first-order valence-corrected chi connectivity index (χ1v) is 11.5. The Kier molecular flexibility index (Phi) is 18.6. The summed E-state index contributed by atoms with van der Waals surface area (Å²) in [5, 5.41) is 3.64.